The molecule has 1 saturated carbocycles. The van der Waals surface area contributed by atoms with Gasteiger partial charge in [-0.1, -0.05) is 68.8 Å². The number of carbonyl (C=O) groups is 8. The van der Waals surface area contributed by atoms with Crippen molar-refractivity contribution in [3.8, 4) is 33.3 Å². The first kappa shape index (κ1) is 87.5. The van der Waals surface area contributed by atoms with Crippen LogP contribution in [0.3, 0.4) is 0 Å². The molecule has 9 amide bonds. The molecule has 636 valence electrons. The van der Waals surface area contributed by atoms with Gasteiger partial charge >= 0.3 is 13.9 Å². The lowest BCUT2D eigenvalue weighted by Crippen LogP contribution is -2.63. The van der Waals surface area contributed by atoms with Gasteiger partial charge in [-0.15, -0.1) is 21.5 Å². The van der Waals surface area contributed by atoms with E-state index in [1.165, 1.54) is 17.1 Å². The topological polar surface area (TPSA) is 438 Å². The van der Waals surface area contributed by atoms with E-state index in [0.717, 1.165) is 94.8 Å². The minimum absolute atomic E-state index is 0.0888. The number of thiazole rings is 1. The van der Waals surface area contributed by atoms with Crippen LogP contribution in [0.4, 0.5) is 22.0 Å². The van der Waals surface area contributed by atoms with Crippen LogP contribution in [0.15, 0.2) is 107 Å². The number of piperazine rings is 1. The van der Waals surface area contributed by atoms with E-state index >= 15 is 0 Å². The van der Waals surface area contributed by atoms with E-state index in [4.69, 9.17) is 53.4 Å². The van der Waals surface area contributed by atoms with Crippen molar-refractivity contribution in [3.05, 3.63) is 125 Å². The van der Waals surface area contributed by atoms with Crippen molar-refractivity contribution in [1.82, 2.24) is 61.2 Å². The Morgan fingerprint density at radius 1 is 0.780 bits per heavy atom. The van der Waals surface area contributed by atoms with Crippen LogP contribution in [0.5, 0.6) is 11.6 Å². The van der Waals surface area contributed by atoms with Crippen molar-refractivity contribution < 1.29 is 90.2 Å². The third kappa shape index (κ3) is 22.9. The number of urea groups is 1. The second kappa shape index (κ2) is 41.2. The number of fused-ring (bicyclic) bond motifs is 3. The van der Waals surface area contributed by atoms with E-state index in [1.807, 2.05) is 88.4 Å². The summed E-state index contributed by atoms with van der Waals surface area (Å²) in [6, 6.07) is 23.6. The lowest BCUT2D eigenvalue weighted by atomic mass is 9.67. The molecule has 6 aliphatic rings. The Labute approximate surface area is 688 Å². The zero-order chi connectivity index (χ0) is 83.5. The first-order chi connectivity index (χ1) is 56.9. The second-order valence-electron chi connectivity index (χ2n) is 30.7. The summed E-state index contributed by atoms with van der Waals surface area (Å²) in [6.07, 6.45) is 4.84. The van der Waals surface area contributed by atoms with E-state index in [-0.39, 0.29) is 114 Å². The number of nitrogens with zero attached hydrogens (tertiary/aromatic N) is 9. The standard InChI is InChI=1S/C81H107N16O19PS/c1-51(2)72(77(102)97-47-60(116-117(106,107)108)44-65(97)76(101)87-52(3)56-15-17-57(18-16-56)73-54(5)85-50-118-73)68-46-69(92-115-68)113-37-33-93-29-23-59(24-30-93)94-31-32-95-64-45-63(90-91-74(64)86-53(4)66(95)48-94)61-10-6-7-12-67(61)114-49-55-13-19-58(20-14-55)88-75(100)62(11-8-27-84-80(82)105)89-79(104)81(25-9-26-81)78(103)83-28-35-109-38-40-111-42-43-112-41-39-110-36-34-96-70(98)21-22-71(96)99/h6-7,10,12-22,45-46,50-53,59-60,62,65-66,72H,8-9,11,23-44,47-49H2,1-5H3,(H,83,103)(H,86,91)(H,87,101)(H,88,100)(H,89,104)(H3,82,84,105)(H2,106,107,108)/t52-,53-,60+,62-,65-,66-,72+/m0/s1. The van der Waals surface area contributed by atoms with Crippen molar-refractivity contribution >= 4 is 83.7 Å². The molecule has 8 heterocycles. The fourth-order valence-corrected chi connectivity index (χ4v) is 17.1. The maximum Gasteiger partial charge on any atom is 0.469 e. The maximum absolute atomic E-state index is 14.6. The highest BCUT2D eigenvalue weighted by Crippen LogP contribution is 2.44. The molecule has 37 heteroatoms. The summed E-state index contributed by atoms with van der Waals surface area (Å²) in [5, 5.41) is 31.4. The quantitative estimate of drug-likeness (QED) is 0.00941. The van der Waals surface area contributed by atoms with Gasteiger partial charge in [0, 0.05) is 93.8 Å². The van der Waals surface area contributed by atoms with Gasteiger partial charge in [-0.3, -0.25) is 52.8 Å². The molecule has 0 unspecified atom stereocenters. The monoisotopic (exact) mass is 1670 g/mol. The number of aromatic nitrogens is 4. The fraction of sp³-hybridized carbons (Fsp3) is 0.531. The van der Waals surface area contributed by atoms with Crippen LogP contribution >= 0.6 is 19.2 Å². The number of phosphoric acid groups is 1. The smallest absolute Gasteiger partial charge is 0.469 e. The predicted molar refractivity (Wildman–Crippen MR) is 435 cm³/mol. The molecule has 5 aliphatic heterocycles. The highest BCUT2D eigenvalue weighted by molar-refractivity contribution is 7.46. The number of benzene rings is 3. The normalized spacial score (nSPS) is 19.5. The van der Waals surface area contributed by atoms with Gasteiger partial charge in [-0.05, 0) is 130 Å². The third-order valence-corrected chi connectivity index (χ3v) is 23.9. The van der Waals surface area contributed by atoms with Crippen molar-refractivity contribution in [2.24, 2.45) is 17.1 Å². The summed E-state index contributed by atoms with van der Waals surface area (Å²) in [5.74, 6) is -2.69. The minimum atomic E-state index is -4.97. The molecule has 4 fully saturated rings. The molecule has 3 aromatic carbocycles. The molecule has 12 rings (SSSR count). The Hall–Kier alpha value is -9.85. The first-order valence-corrected chi connectivity index (χ1v) is 42.7. The highest BCUT2D eigenvalue weighted by atomic mass is 32.1. The average molecular weight is 1670 g/mol. The van der Waals surface area contributed by atoms with Gasteiger partial charge in [0.2, 0.25) is 29.5 Å². The molecule has 35 nitrogen and oxygen atoms in total. The number of para-hydroxylation sites is 1. The molecule has 7 atom stereocenters. The van der Waals surface area contributed by atoms with Gasteiger partial charge in [-0.25, -0.2) is 14.3 Å². The summed E-state index contributed by atoms with van der Waals surface area (Å²) in [4.78, 5) is 140. The van der Waals surface area contributed by atoms with Crippen molar-refractivity contribution in [2.45, 2.75) is 141 Å². The number of phosphoric ester groups is 1. The molecule has 0 radical (unpaired) electrons. The Bertz CT molecular complexity index is 4500. The number of imide groups is 1. The zero-order valence-corrected chi connectivity index (χ0v) is 68.8. The molecule has 10 N–H and O–H groups in total. The van der Waals surface area contributed by atoms with Crippen LogP contribution < -0.4 is 52.0 Å². The SMILES string of the molecule is Cc1ncsc1-c1ccc([C@H](C)NC(=O)[C@@H]2C[C@@H](OP(=O)(O)O)CN2C(=O)[C@@H](c2cc(OCCN3CCC(N4CCN5c6cc(-c7ccccc7OCc7ccc(NC(=O)[C@H](CCCNC(N)=O)NC(=O)C8(C(=O)NCCOCCOCCOCCOCCN9C(=O)C=CC9=O)CCC8)cc7)nnc6N[C@@H](C)[C@@H]5C4)CC3)no2)C(C)C)cc1. The number of amides is 9. The number of likely N-dealkylation sites (tertiary alicyclic amines) is 2. The van der Waals surface area contributed by atoms with Gasteiger partial charge < -0.3 is 90.2 Å². The predicted octanol–water partition coefficient (Wildman–Crippen LogP) is 5.84. The molecular weight excluding hydrogens is 1560 g/mol. The molecule has 6 aromatic rings. The number of nitrogens with one attached hydrogen (secondary N) is 6. The van der Waals surface area contributed by atoms with Crippen LogP contribution in [0, 0.1) is 18.3 Å². The first-order valence-electron chi connectivity index (χ1n) is 40.3. The largest absolute Gasteiger partial charge is 0.488 e. The van der Waals surface area contributed by atoms with E-state index in [2.05, 4.69) is 69.7 Å². The number of aryl methyl sites for hydroxylation is 1. The number of hydrogen-bond acceptors (Lipinski definition) is 26. The van der Waals surface area contributed by atoms with Crippen LogP contribution in [0.1, 0.15) is 114 Å². The number of rotatable bonds is 42. The van der Waals surface area contributed by atoms with Gasteiger partial charge in [0.15, 0.2) is 11.6 Å². The van der Waals surface area contributed by atoms with Gasteiger partial charge in [0.05, 0.1) is 105 Å². The molecule has 3 saturated heterocycles. The van der Waals surface area contributed by atoms with Crippen molar-refractivity contribution in [1.29, 1.82) is 0 Å². The van der Waals surface area contributed by atoms with Gasteiger partial charge in [0.1, 0.15) is 42.4 Å². The number of primary amides is 1. The van der Waals surface area contributed by atoms with Crippen LogP contribution in [-0.4, -0.2) is 258 Å². The van der Waals surface area contributed by atoms with Gasteiger partial charge in [0.25, 0.3) is 17.7 Å². The lowest BCUT2D eigenvalue weighted by molar-refractivity contribution is -0.151. The Morgan fingerprint density at radius 3 is 2.15 bits per heavy atom. The lowest BCUT2D eigenvalue weighted by Gasteiger charge is -2.51. The molecule has 0 bridgehead atoms. The number of nitrogens with two attached hydrogens (primary N) is 1. The molecule has 0 spiro atoms. The summed E-state index contributed by atoms with van der Waals surface area (Å²) in [7, 11) is -4.97. The Kier molecular flexibility index (Phi) is 30.6. The Morgan fingerprint density at radius 2 is 1.48 bits per heavy atom. The molecule has 3 aromatic heterocycles. The summed E-state index contributed by atoms with van der Waals surface area (Å²) in [5.41, 5.74) is 12.1. The van der Waals surface area contributed by atoms with Crippen molar-refractivity contribution in [2.75, 3.05) is 140 Å². The van der Waals surface area contributed by atoms with Gasteiger partial charge in [-0.2, -0.15) is 0 Å². The number of ether oxygens (including phenoxy) is 6. The molecular formula is C81H107N16O19PS. The van der Waals surface area contributed by atoms with E-state index in [1.54, 1.807) is 35.0 Å². The number of carbonyl (C=O) groups excluding carboxylic acids is 8. The second-order valence-corrected chi connectivity index (χ2v) is 32.7. The summed E-state index contributed by atoms with van der Waals surface area (Å²) < 4.78 is 57.7. The van der Waals surface area contributed by atoms with Crippen LogP contribution in [0.25, 0.3) is 21.7 Å². The number of hydrogen-bond donors (Lipinski definition) is 9. The minimum Gasteiger partial charge on any atom is -0.488 e. The number of piperidine rings is 1. The third-order valence-electron chi connectivity index (χ3n) is 22.3. The van der Waals surface area contributed by atoms with E-state index in [0.29, 0.717) is 88.4 Å². The maximum atomic E-state index is 14.6. The summed E-state index contributed by atoms with van der Waals surface area (Å²) >= 11 is 1.54. The Balaban J connectivity index is 0.568. The van der Waals surface area contributed by atoms with E-state index in [9.17, 15) is 52.7 Å². The number of anilines is 3. The molecule has 118 heavy (non-hydrogen) atoms. The van der Waals surface area contributed by atoms with Crippen LogP contribution in [0.2, 0.25) is 0 Å². The summed E-state index contributed by atoms with van der Waals surface area (Å²) in [6.45, 7) is 17.5. The van der Waals surface area contributed by atoms with Crippen molar-refractivity contribution in [3.63, 3.8) is 0 Å². The fourth-order valence-electron chi connectivity index (χ4n) is 15.7. The molecule has 1 aliphatic carbocycles. The average Bonchev–Trinajstić information content (AvgIpc) is 0.987. The highest BCUT2D eigenvalue weighted by Gasteiger charge is 2.52. The van der Waals surface area contributed by atoms with E-state index < -0.39 is 79.0 Å². The van der Waals surface area contributed by atoms with Crippen LogP contribution in [-0.2, 0) is 68.2 Å². The zero-order valence-electron chi connectivity index (χ0n) is 67.1.